The van der Waals surface area contributed by atoms with E-state index in [9.17, 15) is 9.59 Å². The minimum Gasteiger partial charge on any atom is -0.338 e. The molecule has 0 bridgehead atoms. The number of carbonyl (C=O) groups excluding carboxylic acids is 1. The Morgan fingerprint density at radius 3 is 2.80 bits per heavy atom. The zero-order valence-electron chi connectivity index (χ0n) is 14.6. The van der Waals surface area contributed by atoms with E-state index < -0.39 is 0 Å². The third-order valence-corrected chi connectivity index (χ3v) is 4.96. The number of aryl methyl sites for hydroxylation is 1. The van der Waals surface area contributed by atoms with Gasteiger partial charge < -0.3 is 4.90 Å². The van der Waals surface area contributed by atoms with Crippen molar-refractivity contribution in [3.8, 4) is 0 Å². The van der Waals surface area contributed by atoms with Crippen molar-refractivity contribution in [1.82, 2.24) is 24.2 Å². The van der Waals surface area contributed by atoms with Gasteiger partial charge in [-0.15, -0.1) is 0 Å². The molecular formula is C17H22BrN5O2. The van der Waals surface area contributed by atoms with Crippen LogP contribution in [0.1, 0.15) is 54.8 Å². The van der Waals surface area contributed by atoms with Gasteiger partial charge in [0.15, 0.2) is 0 Å². The van der Waals surface area contributed by atoms with Crippen molar-refractivity contribution in [1.29, 1.82) is 0 Å². The average Bonchev–Trinajstić information content (AvgIpc) is 2.90. The molecule has 2 aromatic heterocycles. The first-order valence-electron chi connectivity index (χ1n) is 8.43. The van der Waals surface area contributed by atoms with Crippen molar-refractivity contribution in [2.45, 2.75) is 38.6 Å². The second-order valence-electron chi connectivity index (χ2n) is 6.71. The lowest BCUT2D eigenvalue weighted by atomic mass is 9.96. The van der Waals surface area contributed by atoms with Gasteiger partial charge in [-0.1, -0.05) is 0 Å². The van der Waals surface area contributed by atoms with Crippen LogP contribution in [-0.4, -0.2) is 43.2 Å². The summed E-state index contributed by atoms with van der Waals surface area (Å²) in [6.45, 7) is 5.23. The van der Waals surface area contributed by atoms with Crippen molar-refractivity contribution in [3.05, 3.63) is 44.8 Å². The van der Waals surface area contributed by atoms with E-state index in [1.807, 2.05) is 18.7 Å². The van der Waals surface area contributed by atoms with E-state index in [0.29, 0.717) is 18.7 Å². The average molecular weight is 408 g/mol. The number of likely N-dealkylation sites (tertiary alicyclic amines) is 1. The molecule has 0 aromatic carbocycles. The molecule has 3 heterocycles. The van der Waals surface area contributed by atoms with E-state index >= 15 is 0 Å². The van der Waals surface area contributed by atoms with Crippen LogP contribution in [0.25, 0.3) is 0 Å². The Hall–Kier alpha value is -1.96. The van der Waals surface area contributed by atoms with Gasteiger partial charge in [-0.25, -0.2) is 9.48 Å². The molecule has 1 saturated heterocycles. The molecule has 0 spiro atoms. The summed E-state index contributed by atoms with van der Waals surface area (Å²) >= 11 is 3.36. The summed E-state index contributed by atoms with van der Waals surface area (Å²) in [6.07, 6.45) is 5.05. The van der Waals surface area contributed by atoms with Gasteiger partial charge in [0.2, 0.25) is 0 Å². The van der Waals surface area contributed by atoms with Gasteiger partial charge in [-0.05, 0) is 48.7 Å². The number of pyridine rings is 1. The zero-order valence-corrected chi connectivity index (χ0v) is 16.2. The summed E-state index contributed by atoms with van der Waals surface area (Å²) in [7, 11) is 1.67. The minimum absolute atomic E-state index is 0.0344. The third kappa shape index (κ3) is 3.53. The number of halogens is 1. The fourth-order valence-electron chi connectivity index (χ4n) is 3.35. The van der Waals surface area contributed by atoms with E-state index in [1.54, 1.807) is 30.1 Å². The van der Waals surface area contributed by atoms with Crippen molar-refractivity contribution in [2.24, 2.45) is 7.05 Å². The molecule has 1 atom stereocenters. The smallest absolute Gasteiger partial charge is 0.338 e. The number of piperidine rings is 1. The number of hydrogen-bond donors (Lipinski definition) is 0. The maximum Gasteiger partial charge on any atom is 0.345 e. The standard InChI is InChI=1S/C17H22BrN5O2/c1-11(2)23-15(20-21(3)17(23)25)12-5-4-6-22(10-12)16(24)13-7-14(18)9-19-8-13/h7-9,11-12H,4-6,10H2,1-3H3. The number of hydrogen-bond acceptors (Lipinski definition) is 4. The highest BCUT2D eigenvalue weighted by Gasteiger charge is 2.30. The second-order valence-corrected chi connectivity index (χ2v) is 7.63. The number of nitrogens with zero attached hydrogens (tertiary/aromatic N) is 5. The van der Waals surface area contributed by atoms with E-state index in [-0.39, 0.29) is 23.6 Å². The van der Waals surface area contributed by atoms with E-state index in [4.69, 9.17) is 0 Å². The molecule has 0 saturated carbocycles. The van der Waals surface area contributed by atoms with Crippen LogP contribution in [0.4, 0.5) is 0 Å². The number of amides is 1. The highest BCUT2D eigenvalue weighted by atomic mass is 79.9. The molecule has 134 valence electrons. The van der Waals surface area contributed by atoms with E-state index in [0.717, 1.165) is 23.1 Å². The van der Waals surface area contributed by atoms with Gasteiger partial charge in [0.1, 0.15) is 5.82 Å². The first-order valence-corrected chi connectivity index (χ1v) is 9.23. The second kappa shape index (κ2) is 7.11. The lowest BCUT2D eigenvalue weighted by Crippen LogP contribution is -2.40. The van der Waals surface area contributed by atoms with Crippen molar-refractivity contribution in [2.75, 3.05) is 13.1 Å². The van der Waals surface area contributed by atoms with Crippen LogP contribution in [0.5, 0.6) is 0 Å². The van der Waals surface area contributed by atoms with Crippen LogP contribution < -0.4 is 5.69 Å². The topological polar surface area (TPSA) is 73.0 Å². The summed E-state index contributed by atoms with van der Waals surface area (Å²) in [6, 6.07) is 1.82. The van der Waals surface area contributed by atoms with E-state index in [2.05, 4.69) is 26.0 Å². The Balaban J connectivity index is 1.86. The van der Waals surface area contributed by atoms with Crippen LogP contribution in [0, 0.1) is 0 Å². The van der Waals surface area contributed by atoms with Crippen molar-refractivity contribution >= 4 is 21.8 Å². The van der Waals surface area contributed by atoms with Gasteiger partial charge in [-0.3, -0.25) is 14.3 Å². The van der Waals surface area contributed by atoms with Crippen LogP contribution in [-0.2, 0) is 7.05 Å². The molecule has 1 fully saturated rings. The van der Waals surface area contributed by atoms with Gasteiger partial charge in [0.05, 0.1) is 5.56 Å². The quantitative estimate of drug-likeness (QED) is 0.782. The zero-order chi connectivity index (χ0) is 18.1. The molecule has 1 aliphatic rings. The maximum atomic E-state index is 12.8. The normalized spacial score (nSPS) is 18.0. The van der Waals surface area contributed by atoms with Crippen molar-refractivity contribution in [3.63, 3.8) is 0 Å². The molecule has 2 aromatic rings. The highest BCUT2D eigenvalue weighted by Crippen LogP contribution is 2.27. The molecule has 0 aliphatic carbocycles. The minimum atomic E-state index is -0.107. The number of carbonyl (C=O) groups is 1. The van der Waals surface area contributed by atoms with Gasteiger partial charge >= 0.3 is 5.69 Å². The maximum absolute atomic E-state index is 12.8. The fraction of sp³-hybridized carbons (Fsp3) is 0.529. The molecule has 25 heavy (non-hydrogen) atoms. The summed E-state index contributed by atoms with van der Waals surface area (Å²) in [5, 5.41) is 4.45. The Kier molecular flexibility index (Phi) is 5.08. The summed E-state index contributed by atoms with van der Waals surface area (Å²) in [5.41, 5.74) is 0.460. The first-order chi connectivity index (χ1) is 11.9. The molecule has 8 heteroatoms. The summed E-state index contributed by atoms with van der Waals surface area (Å²) in [5.74, 6) is 0.800. The lowest BCUT2D eigenvalue weighted by molar-refractivity contribution is 0.0702. The third-order valence-electron chi connectivity index (χ3n) is 4.52. The Morgan fingerprint density at radius 1 is 1.36 bits per heavy atom. The van der Waals surface area contributed by atoms with E-state index in [1.165, 1.54) is 4.68 Å². The predicted molar refractivity (Wildman–Crippen MR) is 97.7 cm³/mol. The Morgan fingerprint density at radius 2 is 2.12 bits per heavy atom. The summed E-state index contributed by atoms with van der Waals surface area (Å²) < 4.78 is 3.90. The molecule has 0 N–H and O–H groups in total. The molecule has 0 radical (unpaired) electrons. The SMILES string of the molecule is CC(C)n1c(C2CCCN(C(=O)c3cncc(Br)c3)C2)nn(C)c1=O. The van der Waals surface area contributed by atoms with Crippen LogP contribution in [0.3, 0.4) is 0 Å². The largest absolute Gasteiger partial charge is 0.345 e. The Bertz CT molecular complexity index is 842. The number of rotatable bonds is 3. The van der Waals surface area contributed by atoms with Crippen LogP contribution in [0.15, 0.2) is 27.7 Å². The van der Waals surface area contributed by atoms with Gasteiger partial charge in [-0.2, -0.15) is 5.10 Å². The molecular weight excluding hydrogens is 386 g/mol. The highest BCUT2D eigenvalue weighted by molar-refractivity contribution is 9.10. The molecule has 1 aliphatic heterocycles. The van der Waals surface area contributed by atoms with Gasteiger partial charge in [0, 0.05) is 49.0 Å². The molecule has 1 amide bonds. The fourth-order valence-corrected chi connectivity index (χ4v) is 3.71. The van der Waals surface area contributed by atoms with Crippen LogP contribution >= 0.6 is 15.9 Å². The van der Waals surface area contributed by atoms with Gasteiger partial charge in [0.25, 0.3) is 5.91 Å². The molecule has 3 rings (SSSR count). The monoisotopic (exact) mass is 407 g/mol. The molecule has 7 nitrogen and oxygen atoms in total. The number of aromatic nitrogens is 4. The predicted octanol–water partition coefficient (Wildman–Crippen LogP) is 2.34. The molecule has 1 unspecified atom stereocenters. The van der Waals surface area contributed by atoms with Crippen LogP contribution in [0.2, 0.25) is 0 Å². The lowest BCUT2D eigenvalue weighted by Gasteiger charge is -2.32. The Labute approximate surface area is 154 Å². The van der Waals surface area contributed by atoms with Crippen molar-refractivity contribution < 1.29 is 4.79 Å². The summed E-state index contributed by atoms with van der Waals surface area (Å²) in [4.78, 5) is 31.0. The first kappa shape index (κ1) is 17.8.